The van der Waals surface area contributed by atoms with Gasteiger partial charge in [-0.15, -0.1) is 0 Å². The Kier molecular flexibility index (Phi) is 3.51. The minimum Gasteiger partial charge on any atom is -0.377 e. The van der Waals surface area contributed by atoms with E-state index in [9.17, 15) is 0 Å². The maximum Gasteiger partial charge on any atom is 0.120 e. The van der Waals surface area contributed by atoms with Gasteiger partial charge in [0, 0.05) is 31.9 Å². The number of nitriles is 1. The van der Waals surface area contributed by atoms with E-state index < -0.39 is 0 Å². The van der Waals surface area contributed by atoms with Crippen LogP contribution in [0.3, 0.4) is 0 Å². The molecule has 1 fully saturated rings. The van der Waals surface area contributed by atoms with Crippen LogP contribution < -0.4 is 5.32 Å². The predicted octanol–water partition coefficient (Wildman–Crippen LogP) is 1.47. The fourth-order valence-electron chi connectivity index (χ4n) is 2.29. The summed E-state index contributed by atoms with van der Waals surface area (Å²) in [6.45, 7) is 5.80. The number of rotatable bonds is 3. The van der Waals surface area contributed by atoms with Gasteiger partial charge in [0.05, 0.1) is 6.10 Å². The summed E-state index contributed by atoms with van der Waals surface area (Å²) in [6.07, 6.45) is 1.35. The quantitative estimate of drug-likeness (QED) is 0.860. The smallest absolute Gasteiger partial charge is 0.120 e. The van der Waals surface area contributed by atoms with Crippen LogP contribution in [0.15, 0.2) is 6.07 Å². The third-order valence-electron chi connectivity index (χ3n) is 3.69. The highest BCUT2D eigenvalue weighted by atomic mass is 16.5. The van der Waals surface area contributed by atoms with Gasteiger partial charge in [-0.25, -0.2) is 0 Å². The van der Waals surface area contributed by atoms with Gasteiger partial charge in [-0.05, 0) is 31.9 Å². The molecule has 0 amide bonds. The average molecular weight is 233 g/mol. The number of ether oxygens (including phenoxy) is 1. The molecule has 0 bridgehead atoms. The molecule has 0 radical (unpaired) electrons. The lowest BCUT2D eigenvalue weighted by molar-refractivity contribution is 0.113. The Labute approximate surface area is 102 Å². The number of aromatic nitrogens is 1. The molecular weight excluding hydrogens is 214 g/mol. The van der Waals surface area contributed by atoms with Crippen molar-refractivity contribution in [2.45, 2.75) is 39.0 Å². The lowest BCUT2D eigenvalue weighted by Crippen LogP contribution is -2.34. The fourth-order valence-corrected chi connectivity index (χ4v) is 2.29. The Hall–Kier alpha value is -1.31. The second kappa shape index (κ2) is 4.91. The predicted molar refractivity (Wildman–Crippen MR) is 65.5 cm³/mol. The number of nitrogens with one attached hydrogen (secondary N) is 1. The lowest BCUT2D eigenvalue weighted by atomic mass is 10.1. The van der Waals surface area contributed by atoms with E-state index in [1.807, 2.05) is 24.6 Å². The number of nitrogens with zero attached hydrogens (tertiary/aromatic N) is 2. The topological polar surface area (TPSA) is 50.0 Å². The molecule has 1 aromatic heterocycles. The summed E-state index contributed by atoms with van der Waals surface area (Å²) < 4.78 is 7.45. The molecule has 0 aromatic carbocycles. The minimum absolute atomic E-state index is 0.287. The van der Waals surface area contributed by atoms with E-state index in [4.69, 9.17) is 10.00 Å². The molecule has 4 heteroatoms. The van der Waals surface area contributed by atoms with Crippen LogP contribution in [0.2, 0.25) is 0 Å². The second-order valence-electron chi connectivity index (χ2n) is 4.66. The Morgan fingerprint density at radius 1 is 1.65 bits per heavy atom. The van der Waals surface area contributed by atoms with Crippen molar-refractivity contribution in [1.82, 2.24) is 9.88 Å². The van der Waals surface area contributed by atoms with Gasteiger partial charge in [0.25, 0.3) is 0 Å². The Bertz CT molecular complexity index is 444. The highest BCUT2D eigenvalue weighted by Crippen LogP contribution is 2.16. The summed E-state index contributed by atoms with van der Waals surface area (Å²) in [5.41, 5.74) is 3.07. The Balaban J connectivity index is 2.02. The average Bonchev–Trinajstić information content (AvgIpc) is 2.84. The molecule has 2 heterocycles. The third kappa shape index (κ3) is 2.36. The van der Waals surface area contributed by atoms with E-state index in [0.717, 1.165) is 31.0 Å². The van der Waals surface area contributed by atoms with Crippen LogP contribution >= 0.6 is 0 Å². The van der Waals surface area contributed by atoms with Crippen LogP contribution in [0.5, 0.6) is 0 Å². The number of hydrogen-bond donors (Lipinski definition) is 1. The molecule has 0 aliphatic carbocycles. The second-order valence-corrected chi connectivity index (χ2v) is 4.66. The highest BCUT2D eigenvalue weighted by Gasteiger charge is 2.23. The third-order valence-corrected chi connectivity index (χ3v) is 3.69. The van der Waals surface area contributed by atoms with Crippen LogP contribution in [0, 0.1) is 18.3 Å². The molecule has 4 nitrogen and oxygen atoms in total. The largest absolute Gasteiger partial charge is 0.377 e. The first-order chi connectivity index (χ1) is 8.13. The molecule has 1 saturated heterocycles. The Morgan fingerprint density at radius 2 is 2.41 bits per heavy atom. The molecule has 17 heavy (non-hydrogen) atoms. The maximum absolute atomic E-state index is 8.97. The summed E-state index contributed by atoms with van der Waals surface area (Å²) in [4.78, 5) is 0. The van der Waals surface area contributed by atoms with Crippen molar-refractivity contribution < 1.29 is 4.74 Å². The van der Waals surface area contributed by atoms with Gasteiger partial charge >= 0.3 is 0 Å². The van der Waals surface area contributed by atoms with E-state index in [1.54, 1.807) is 0 Å². The Morgan fingerprint density at radius 3 is 2.94 bits per heavy atom. The van der Waals surface area contributed by atoms with E-state index in [2.05, 4.69) is 18.3 Å². The van der Waals surface area contributed by atoms with Crippen molar-refractivity contribution in [3.8, 4) is 6.07 Å². The first-order valence-corrected chi connectivity index (χ1v) is 6.03. The van der Waals surface area contributed by atoms with Crippen LogP contribution in [-0.2, 0) is 18.3 Å². The van der Waals surface area contributed by atoms with Gasteiger partial charge < -0.3 is 14.6 Å². The lowest BCUT2D eigenvalue weighted by Gasteiger charge is -2.15. The molecule has 0 saturated carbocycles. The van der Waals surface area contributed by atoms with Crippen molar-refractivity contribution in [1.29, 1.82) is 5.26 Å². The van der Waals surface area contributed by atoms with Gasteiger partial charge in [0.2, 0.25) is 0 Å². The van der Waals surface area contributed by atoms with Crippen LogP contribution in [0.4, 0.5) is 0 Å². The zero-order chi connectivity index (χ0) is 12.4. The van der Waals surface area contributed by atoms with E-state index in [1.165, 1.54) is 5.56 Å². The van der Waals surface area contributed by atoms with Gasteiger partial charge in [-0.3, -0.25) is 0 Å². The molecule has 1 aromatic rings. The molecule has 2 atom stereocenters. The van der Waals surface area contributed by atoms with Crippen molar-refractivity contribution >= 4 is 0 Å². The monoisotopic (exact) mass is 233 g/mol. The fraction of sp³-hybridized carbons (Fsp3) is 0.615. The minimum atomic E-state index is 0.287. The first-order valence-electron chi connectivity index (χ1n) is 6.03. The number of hydrogen-bond acceptors (Lipinski definition) is 3. The summed E-state index contributed by atoms with van der Waals surface area (Å²) in [7, 11) is 1.93. The van der Waals surface area contributed by atoms with Crippen molar-refractivity contribution in [3.63, 3.8) is 0 Å². The highest BCUT2D eigenvalue weighted by molar-refractivity contribution is 5.34. The zero-order valence-electron chi connectivity index (χ0n) is 10.7. The van der Waals surface area contributed by atoms with Gasteiger partial charge in [0.15, 0.2) is 0 Å². The van der Waals surface area contributed by atoms with E-state index >= 15 is 0 Å². The summed E-state index contributed by atoms with van der Waals surface area (Å²) in [6, 6.07) is 4.60. The van der Waals surface area contributed by atoms with Crippen molar-refractivity contribution in [3.05, 3.63) is 23.0 Å². The molecule has 2 rings (SSSR count). The summed E-state index contributed by atoms with van der Waals surface area (Å²) in [5, 5.41) is 12.5. The molecule has 2 unspecified atom stereocenters. The molecule has 1 aliphatic heterocycles. The van der Waals surface area contributed by atoms with Gasteiger partial charge in [-0.2, -0.15) is 5.26 Å². The van der Waals surface area contributed by atoms with Gasteiger partial charge in [0.1, 0.15) is 11.8 Å². The zero-order valence-corrected chi connectivity index (χ0v) is 10.7. The SMILES string of the molecule is Cc1c(CNC2CCOC2C)cc(C#N)n1C. The molecule has 1 N–H and O–H groups in total. The maximum atomic E-state index is 8.97. The normalized spacial score (nSPS) is 23.9. The van der Waals surface area contributed by atoms with Crippen molar-refractivity contribution in [2.24, 2.45) is 7.05 Å². The van der Waals surface area contributed by atoms with E-state index in [0.29, 0.717) is 6.04 Å². The molecular formula is C13H19N3O. The van der Waals surface area contributed by atoms with Crippen LogP contribution in [-0.4, -0.2) is 23.3 Å². The van der Waals surface area contributed by atoms with Crippen molar-refractivity contribution in [2.75, 3.05) is 6.61 Å². The molecule has 1 aliphatic rings. The first kappa shape index (κ1) is 12.2. The summed E-state index contributed by atoms with van der Waals surface area (Å²) in [5.74, 6) is 0. The molecule has 92 valence electrons. The van der Waals surface area contributed by atoms with E-state index in [-0.39, 0.29) is 6.10 Å². The van der Waals surface area contributed by atoms with Crippen LogP contribution in [0.1, 0.15) is 30.3 Å². The molecule has 0 spiro atoms. The standard InChI is InChI=1S/C13H19N3O/c1-9-11(6-12(7-14)16(9)3)8-15-13-4-5-17-10(13)2/h6,10,13,15H,4-5,8H2,1-3H3. The van der Waals surface area contributed by atoms with Gasteiger partial charge in [-0.1, -0.05) is 0 Å². The summed E-state index contributed by atoms with van der Waals surface area (Å²) >= 11 is 0. The van der Waals surface area contributed by atoms with Crippen LogP contribution in [0.25, 0.3) is 0 Å².